The normalized spacial score (nSPS) is 19.5. The van der Waals surface area contributed by atoms with Gasteiger partial charge < -0.3 is 5.32 Å². The maximum absolute atomic E-state index is 13.7. The van der Waals surface area contributed by atoms with Crippen LogP contribution in [0.25, 0.3) is 21.9 Å². The summed E-state index contributed by atoms with van der Waals surface area (Å²) in [5.74, 6) is 0.351. The maximum atomic E-state index is 13.7. The first-order valence-corrected chi connectivity index (χ1v) is 11.6. The fourth-order valence-electron chi connectivity index (χ4n) is 4.37. The highest BCUT2D eigenvalue weighted by molar-refractivity contribution is 7.15. The Labute approximate surface area is 201 Å². The fraction of sp³-hybridized carbons (Fsp3) is 0.273. The zero-order valence-corrected chi connectivity index (χ0v) is 19.4. The number of amides is 1. The first-order chi connectivity index (χ1) is 16.9. The van der Waals surface area contributed by atoms with E-state index in [-0.39, 0.29) is 23.1 Å². The van der Waals surface area contributed by atoms with Gasteiger partial charge in [-0.3, -0.25) is 14.3 Å². The van der Waals surface area contributed by atoms with E-state index >= 15 is 0 Å². The second-order valence-electron chi connectivity index (χ2n) is 8.60. The molecule has 178 valence electrons. The quantitative estimate of drug-likeness (QED) is 0.371. The van der Waals surface area contributed by atoms with Crippen molar-refractivity contribution in [1.29, 1.82) is 0 Å². The maximum Gasteiger partial charge on any atom is 0.282 e. The minimum Gasteiger partial charge on any atom is -0.339 e. The number of carbonyl (C=O) groups is 1. The van der Waals surface area contributed by atoms with Gasteiger partial charge in [0.05, 0.1) is 28.5 Å². The SMILES string of the molecule is Cc1ccc(-c2cnc3c(-n4nncc4C(F)F)cc(C(=O)NC4(c5ncn[nH]5)C[C@H]4C)cn23)s1. The Balaban J connectivity index is 1.50. The molecule has 1 aliphatic carbocycles. The third-order valence-corrected chi connectivity index (χ3v) is 7.38. The van der Waals surface area contributed by atoms with Gasteiger partial charge in [-0.25, -0.2) is 23.4 Å². The van der Waals surface area contributed by atoms with Crippen molar-refractivity contribution in [1.82, 2.24) is 44.9 Å². The number of imidazole rings is 1. The number of H-pyrrole nitrogens is 1. The number of nitrogens with one attached hydrogen (secondary N) is 2. The molecule has 0 bridgehead atoms. The van der Waals surface area contributed by atoms with E-state index in [1.54, 1.807) is 28.1 Å². The van der Waals surface area contributed by atoms with Gasteiger partial charge in [0.15, 0.2) is 5.65 Å². The summed E-state index contributed by atoms with van der Waals surface area (Å²) in [5, 5.41) is 17.3. The highest BCUT2D eigenvalue weighted by Crippen LogP contribution is 2.50. The molecule has 0 aliphatic heterocycles. The van der Waals surface area contributed by atoms with Gasteiger partial charge in [0.25, 0.3) is 12.3 Å². The van der Waals surface area contributed by atoms with Crippen LogP contribution in [0.15, 0.2) is 43.1 Å². The van der Waals surface area contributed by atoms with Gasteiger partial charge in [-0.1, -0.05) is 12.1 Å². The molecule has 0 saturated heterocycles. The van der Waals surface area contributed by atoms with Crippen molar-refractivity contribution < 1.29 is 13.6 Å². The van der Waals surface area contributed by atoms with Gasteiger partial charge >= 0.3 is 0 Å². The summed E-state index contributed by atoms with van der Waals surface area (Å²) in [6.45, 7) is 4.00. The molecule has 1 saturated carbocycles. The Kier molecular flexibility index (Phi) is 4.78. The first kappa shape index (κ1) is 21.5. The topological polar surface area (TPSA) is 119 Å². The van der Waals surface area contributed by atoms with Crippen LogP contribution < -0.4 is 5.32 Å². The molecule has 2 N–H and O–H groups in total. The van der Waals surface area contributed by atoms with Gasteiger partial charge in [-0.05, 0) is 37.5 Å². The highest BCUT2D eigenvalue weighted by atomic mass is 32.1. The van der Waals surface area contributed by atoms with Gasteiger partial charge in [-0.2, -0.15) is 5.10 Å². The zero-order chi connectivity index (χ0) is 24.3. The molecular formula is C22H19F2N9OS. The van der Waals surface area contributed by atoms with Gasteiger partial charge in [0.2, 0.25) is 0 Å². The minimum atomic E-state index is -2.81. The Hall–Kier alpha value is -4.00. The van der Waals surface area contributed by atoms with Crippen LogP contribution in [0.5, 0.6) is 0 Å². The molecule has 1 amide bonds. The third kappa shape index (κ3) is 3.41. The van der Waals surface area contributed by atoms with Crippen LogP contribution in [-0.2, 0) is 5.54 Å². The second-order valence-corrected chi connectivity index (χ2v) is 9.89. The number of thiophene rings is 1. The lowest BCUT2D eigenvalue weighted by molar-refractivity contribution is 0.0924. The summed E-state index contributed by atoms with van der Waals surface area (Å²) in [7, 11) is 0. The van der Waals surface area contributed by atoms with E-state index in [0.717, 1.165) is 26.3 Å². The third-order valence-electron chi connectivity index (χ3n) is 6.35. The lowest BCUT2D eigenvalue weighted by atomic mass is 10.1. The van der Waals surface area contributed by atoms with Crippen LogP contribution in [0.4, 0.5) is 8.78 Å². The molecule has 1 fully saturated rings. The largest absolute Gasteiger partial charge is 0.339 e. The van der Waals surface area contributed by atoms with Crippen molar-refractivity contribution in [3.05, 3.63) is 65.1 Å². The number of aryl methyl sites for hydroxylation is 1. The Bertz CT molecular complexity index is 1550. The predicted molar refractivity (Wildman–Crippen MR) is 122 cm³/mol. The van der Waals surface area contributed by atoms with Crippen LogP contribution in [0.2, 0.25) is 0 Å². The number of hydrogen-bond acceptors (Lipinski definition) is 7. The van der Waals surface area contributed by atoms with Crippen LogP contribution in [0.3, 0.4) is 0 Å². The summed E-state index contributed by atoms with van der Waals surface area (Å²) < 4.78 is 30.1. The summed E-state index contributed by atoms with van der Waals surface area (Å²) in [4.78, 5) is 24.3. The molecule has 0 spiro atoms. The minimum absolute atomic E-state index is 0.154. The van der Waals surface area contributed by atoms with Crippen molar-refractivity contribution in [3.8, 4) is 16.3 Å². The average molecular weight is 496 g/mol. The standard InChI is InChI=1S/C22H19F2N9OS/c1-11-6-22(11,21-26-10-28-30-21)29-20(34)13-5-14(33-16(18(23)24)8-27-31-33)19-25-7-15(32(19)9-13)17-4-3-12(2)35-17/h3-5,7-11,18H,6H2,1-2H3,(H,29,34)(H,26,28,30)/t11-,22?/m1/s1. The van der Waals surface area contributed by atoms with E-state index in [0.29, 0.717) is 17.9 Å². The molecule has 1 aliphatic rings. The number of nitrogens with zero attached hydrogens (tertiary/aromatic N) is 7. The van der Waals surface area contributed by atoms with E-state index < -0.39 is 17.7 Å². The Morgan fingerprint density at radius 1 is 1.31 bits per heavy atom. The van der Waals surface area contributed by atoms with E-state index in [4.69, 9.17) is 0 Å². The molecule has 5 heterocycles. The lowest BCUT2D eigenvalue weighted by Gasteiger charge is -2.17. The second kappa shape index (κ2) is 7.77. The molecule has 1 unspecified atom stereocenters. The summed E-state index contributed by atoms with van der Waals surface area (Å²) >= 11 is 1.57. The summed E-state index contributed by atoms with van der Waals surface area (Å²) in [6.07, 6.45) is 3.61. The number of alkyl halides is 2. The van der Waals surface area contributed by atoms with Crippen molar-refractivity contribution >= 4 is 22.9 Å². The van der Waals surface area contributed by atoms with Crippen LogP contribution in [0, 0.1) is 12.8 Å². The van der Waals surface area contributed by atoms with Crippen molar-refractivity contribution in [3.63, 3.8) is 0 Å². The number of rotatable bonds is 6. The summed E-state index contributed by atoms with van der Waals surface area (Å²) in [5.41, 5.74) is 0.538. The van der Waals surface area contributed by atoms with E-state index in [1.807, 2.05) is 26.0 Å². The van der Waals surface area contributed by atoms with Crippen LogP contribution in [-0.4, -0.2) is 45.5 Å². The lowest BCUT2D eigenvalue weighted by Crippen LogP contribution is -2.37. The van der Waals surface area contributed by atoms with Gasteiger partial charge in [0.1, 0.15) is 29.1 Å². The fourth-order valence-corrected chi connectivity index (χ4v) is 5.24. The smallest absolute Gasteiger partial charge is 0.282 e. The first-order valence-electron chi connectivity index (χ1n) is 10.8. The van der Waals surface area contributed by atoms with E-state index in [1.165, 1.54) is 12.4 Å². The molecule has 0 aromatic carbocycles. The predicted octanol–water partition coefficient (Wildman–Crippen LogP) is 3.67. The average Bonchev–Trinajstić information content (AvgIpc) is 3.47. The zero-order valence-electron chi connectivity index (χ0n) is 18.6. The molecular weight excluding hydrogens is 476 g/mol. The monoisotopic (exact) mass is 495 g/mol. The number of pyridine rings is 1. The number of aromatic amines is 1. The van der Waals surface area contributed by atoms with Crippen LogP contribution >= 0.6 is 11.3 Å². The number of fused-ring (bicyclic) bond motifs is 1. The molecule has 35 heavy (non-hydrogen) atoms. The Morgan fingerprint density at radius 3 is 2.80 bits per heavy atom. The van der Waals surface area contributed by atoms with E-state index in [2.05, 4.69) is 35.8 Å². The molecule has 5 aromatic heterocycles. The van der Waals surface area contributed by atoms with Gasteiger partial charge in [0, 0.05) is 11.1 Å². The molecule has 6 rings (SSSR count). The molecule has 0 radical (unpaired) electrons. The number of hydrogen-bond donors (Lipinski definition) is 2. The number of carbonyl (C=O) groups excluding carboxylic acids is 1. The van der Waals surface area contributed by atoms with Crippen molar-refractivity contribution in [2.45, 2.75) is 32.2 Å². The Morgan fingerprint density at radius 2 is 2.14 bits per heavy atom. The van der Waals surface area contributed by atoms with Crippen molar-refractivity contribution in [2.75, 3.05) is 0 Å². The van der Waals surface area contributed by atoms with Gasteiger partial charge in [-0.15, -0.1) is 16.4 Å². The highest BCUT2D eigenvalue weighted by Gasteiger charge is 2.56. The van der Waals surface area contributed by atoms with E-state index in [9.17, 15) is 13.6 Å². The molecule has 10 nitrogen and oxygen atoms in total. The number of halogens is 2. The molecule has 2 atom stereocenters. The van der Waals surface area contributed by atoms with Crippen molar-refractivity contribution in [2.24, 2.45) is 5.92 Å². The molecule has 13 heteroatoms. The molecule has 5 aromatic rings. The van der Waals surface area contributed by atoms with Crippen LogP contribution in [0.1, 0.15) is 46.5 Å². The number of aromatic nitrogens is 8. The summed E-state index contributed by atoms with van der Waals surface area (Å²) in [6, 6.07) is 5.45.